The van der Waals surface area contributed by atoms with Gasteiger partial charge in [0.2, 0.25) is 0 Å². The van der Waals surface area contributed by atoms with Gasteiger partial charge in [-0.1, -0.05) is 17.7 Å². The van der Waals surface area contributed by atoms with E-state index in [4.69, 9.17) is 16.7 Å². The molecule has 0 bridgehead atoms. The van der Waals surface area contributed by atoms with E-state index in [1.54, 1.807) is 43.3 Å². The number of anilines is 2. The number of amides is 1. The van der Waals surface area contributed by atoms with E-state index in [1.807, 2.05) is 0 Å². The number of H-pyrrole nitrogens is 1. The molecule has 3 aromatic rings. The molecule has 1 atom stereocenters. The zero-order chi connectivity index (χ0) is 18.8. The molecular weight excluding hydrogens is 361 g/mol. The van der Waals surface area contributed by atoms with Crippen LogP contribution in [0.25, 0.3) is 10.9 Å². The number of hydrogen-bond donors (Lipinski definition) is 4. The predicted molar refractivity (Wildman–Crippen MR) is 99.7 cm³/mol. The number of pyridine rings is 1. The van der Waals surface area contributed by atoms with Crippen LogP contribution in [0.2, 0.25) is 5.02 Å². The summed E-state index contributed by atoms with van der Waals surface area (Å²) >= 11 is 5.88. The number of fused-ring (bicyclic) bond motifs is 1. The number of carboxylic acid groups (broad SMARTS) is 1. The molecule has 0 aliphatic heterocycles. The maximum Gasteiger partial charge on any atom is 0.409 e. The van der Waals surface area contributed by atoms with E-state index < -0.39 is 23.5 Å². The minimum Gasteiger partial charge on any atom is -0.465 e. The summed E-state index contributed by atoms with van der Waals surface area (Å²) in [5, 5.41) is 14.9. The Bertz CT molecular complexity index is 1050. The first-order chi connectivity index (χ1) is 12.3. The maximum atomic E-state index is 13.9. The molecule has 4 N–H and O–H groups in total. The van der Waals surface area contributed by atoms with Crippen LogP contribution >= 0.6 is 11.6 Å². The van der Waals surface area contributed by atoms with Gasteiger partial charge in [-0.3, -0.25) is 10.1 Å². The number of rotatable bonds is 4. The highest BCUT2D eigenvalue weighted by Gasteiger charge is 2.14. The van der Waals surface area contributed by atoms with Crippen molar-refractivity contribution in [2.75, 3.05) is 10.6 Å². The summed E-state index contributed by atoms with van der Waals surface area (Å²) in [6.45, 7) is 1.77. The fourth-order valence-corrected chi connectivity index (χ4v) is 2.93. The Morgan fingerprint density at radius 2 is 1.96 bits per heavy atom. The van der Waals surface area contributed by atoms with Crippen LogP contribution in [-0.2, 0) is 0 Å². The average molecular weight is 376 g/mol. The van der Waals surface area contributed by atoms with Gasteiger partial charge in [-0.2, -0.15) is 0 Å². The molecule has 2 aromatic carbocycles. The largest absolute Gasteiger partial charge is 0.465 e. The summed E-state index contributed by atoms with van der Waals surface area (Å²) in [5.74, 6) is -0.593. The second-order valence-corrected chi connectivity index (χ2v) is 6.22. The SMILES string of the molecule is C[C@H](Nc1cccc(NC(=O)O)c1)c1cc2cc(Cl)cc(F)c2[nH]c1=O. The van der Waals surface area contributed by atoms with Gasteiger partial charge in [-0.25, -0.2) is 9.18 Å². The Morgan fingerprint density at radius 1 is 1.23 bits per heavy atom. The van der Waals surface area contributed by atoms with Crippen LogP contribution < -0.4 is 16.2 Å². The van der Waals surface area contributed by atoms with Crippen LogP contribution in [0.3, 0.4) is 0 Å². The van der Waals surface area contributed by atoms with Gasteiger partial charge in [0.05, 0.1) is 11.6 Å². The van der Waals surface area contributed by atoms with E-state index in [9.17, 15) is 14.0 Å². The van der Waals surface area contributed by atoms with Crippen LogP contribution in [0.1, 0.15) is 18.5 Å². The van der Waals surface area contributed by atoms with E-state index in [0.717, 1.165) is 6.07 Å². The Morgan fingerprint density at radius 3 is 2.69 bits per heavy atom. The number of benzene rings is 2. The van der Waals surface area contributed by atoms with Crippen molar-refractivity contribution in [3.63, 3.8) is 0 Å². The Balaban J connectivity index is 1.93. The molecule has 8 heteroatoms. The third-order valence-electron chi connectivity index (χ3n) is 3.86. The molecular formula is C18H15ClFN3O3. The lowest BCUT2D eigenvalue weighted by molar-refractivity contribution is 0.210. The predicted octanol–water partition coefficient (Wildman–Crippen LogP) is 4.58. The van der Waals surface area contributed by atoms with E-state index in [2.05, 4.69) is 15.6 Å². The second-order valence-electron chi connectivity index (χ2n) is 5.78. The van der Waals surface area contributed by atoms with Crippen molar-refractivity contribution in [2.45, 2.75) is 13.0 Å². The summed E-state index contributed by atoms with van der Waals surface area (Å²) in [6.07, 6.45) is -1.17. The molecule has 0 radical (unpaired) electrons. The number of hydrogen-bond acceptors (Lipinski definition) is 3. The topological polar surface area (TPSA) is 94.2 Å². The normalized spacial score (nSPS) is 12.0. The smallest absolute Gasteiger partial charge is 0.409 e. The number of halogens is 2. The van der Waals surface area contributed by atoms with Gasteiger partial charge in [0.15, 0.2) is 0 Å². The lowest BCUT2D eigenvalue weighted by Crippen LogP contribution is -2.19. The molecule has 26 heavy (non-hydrogen) atoms. The van der Waals surface area contributed by atoms with Crippen molar-refractivity contribution in [3.05, 3.63) is 69.2 Å². The Labute approximate surface area is 152 Å². The first kappa shape index (κ1) is 17.8. The lowest BCUT2D eigenvalue weighted by Gasteiger charge is -2.16. The number of aromatic nitrogens is 1. The second kappa shape index (κ2) is 7.05. The van der Waals surface area contributed by atoms with Crippen LogP contribution in [-0.4, -0.2) is 16.2 Å². The summed E-state index contributed by atoms with van der Waals surface area (Å²) < 4.78 is 13.9. The molecule has 134 valence electrons. The van der Waals surface area contributed by atoms with Crippen molar-refractivity contribution < 1.29 is 14.3 Å². The van der Waals surface area contributed by atoms with Gasteiger partial charge in [-0.05, 0) is 43.3 Å². The molecule has 0 unspecified atom stereocenters. The summed E-state index contributed by atoms with van der Waals surface area (Å²) in [5.41, 5.74) is 1.11. The van der Waals surface area contributed by atoms with Gasteiger partial charge in [0.1, 0.15) is 5.82 Å². The highest BCUT2D eigenvalue weighted by atomic mass is 35.5. The van der Waals surface area contributed by atoms with Crippen molar-refractivity contribution in [2.24, 2.45) is 0 Å². The monoisotopic (exact) mass is 375 g/mol. The van der Waals surface area contributed by atoms with Gasteiger partial charge in [0, 0.05) is 27.3 Å². The molecule has 0 aliphatic carbocycles. The first-order valence-corrected chi connectivity index (χ1v) is 8.10. The van der Waals surface area contributed by atoms with E-state index >= 15 is 0 Å². The van der Waals surface area contributed by atoms with Gasteiger partial charge in [-0.15, -0.1) is 0 Å². The van der Waals surface area contributed by atoms with Crippen molar-refractivity contribution in [1.82, 2.24) is 4.98 Å². The van der Waals surface area contributed by atoms with Gasteiger partial charge < -0.3 is 15.4 Å². The van der Waals surface area contributed by atoms with Crippen LogP contribution in [0.5, 0.6) is 0 Å². The zero-order valence-corrected chi connectivity index (χ0v) is 14.4. The fraction of sp³-hybridized carbons (Fsp3) is 0.111. The highest BCUT2D eigenvalue weighted by molar-refractivity contribution is 6.31. The molecule has 0 saturated carbocycles. The number of aromatic amines is 1. The van der Waals surface area contributed by atoms with Crippen LogP contribution in [0.15, 0.2) is 47.3 Å². The van der Waals surface area contributed by atoms with Crippen molar-refractivity contribution in [3.8, 4) is 0 Å². The minimum absolute atomic E-state index is 0.100. The van der Waals surface area contributed by atoms with E-state index in [0.29, 0.717) is 22.3 Å². The van der Waals surface area contributed by atoms with E-state index in [1.165, 1.54) is 0 Å². The fourth-order valence-electron chi connectivity index (χ4n) is 2.72. The van der Waals surface area contributed by atoms with Crippen molar-refractivity contribution >= 4 is 40.0 Å². The zero-order valence-electron chi connectivity index (χ0n) is 13.6. The molecule has 1 heterocycles. The number of carbonyl (C=O) groups is 1. The Hall–Kier alpha value is -3.06. The molecule has 1 amide bonds. The Kier molecular flexibility index (Phi) is 4.81. The molecule has 1 aromatic heterocycles. The van der Waals surface area contributed by atoms with Crippen molar-refractivity contribution in [1.29, 1.82) is 0 Å². The minimum atomic E-state index is -1.17. The lowest BCUT2D eigenvalue weighted by atomic mass is 10.1. The molecule has 6 nitrogen and oxygen atoms in total. The third kappa shape index (κ3) is 3.78. The van der Waals surface area contributed by atoms with E-state index in [-0.39, 0.29) is 10.5 Å². The first-order valence-electron chi connectivity index (χ1n) is 7.72. The summed E-state index contributed by atoms with van der Waals surface area (Å²) in [7, 11) is 0. The summed E-state index contributed by atoms with van der Waals surface area (Å²) in [4.78, 5) is 25.6. The third-order valence-corrected chi connectivity index (χ3v) is 4.08. The molecule has 0 aliphatic rings. The summed E-state index contributed by atoms with van der Waals surface area (Å²) in [6, 6.07) is 10.5. The molecule has 3 rings (SSSR count). The molecule has 0 saturated heterocycles. The highest BCUT2D eigenvalue weighted by Crippen LogP contribution is 2.25. The average Bonchev–Trinajstić information content (AvgIpc) is 2.54. The molecule has 0 fully saturated rings. The number of nitrogens with one attached hydrogen (secondary N) is 3. The van der Waals surface area contributed by atoms with Gasteiger partial charge in [0.25, 0.3) is 5.56 Å². The standard InChI is InChI=1S/C18H15ClFN3O3/c1-9(21-12-3-2-4-13(8-12)22-18(25)26)14-6-10-5-11(19)7-15(20)16(10)23-17(14)24/h2-9,21-22H,1H3,(H,23,24)(H,25,26)/t9-/m0/s1. The van der Waals surface area contributed by atoms with Gasteiger partial charge >= 0.3 is 6.09 Å². The molecule has 0 spiro atoms. The van der Waals surface area contributed by atoms with Crippen LogP contribution in [0, 0.1) is 5.82 Å². The van der Waals surface area contributed by atoms with Crippen LogP contribution in [0.4, 0.5) is 20.6 Å². The maximum absolute atomic E-state index is 13.9. The quantitative estimate of drug-likeness (QED) is 0.536.